The molecular formula is C13H7N3S. The topological polar surface area (TPSA) is 60.5 Å². The molecule has 0 radical (unpaired) electrons. The summed E-state index contributed by atoms with van der Waals surface area (Å²) in [4.78, 5) is 5.15. The molecule has 0 saturated carbocycles. The molecule has 4 heteroatoms. The zero-order valence-corrected chi connectivity index (χ0v) is 9.61. The first-order chi connectivity index (χ1) is 8.33. The van der Waals surface area contributed by atoms with E-state index in [2.05, 4.69) is 11.1 Å². The van der Waals surface area contributed by atoms with Gasteiger partial charge in [0.05, 0.1) is 11.1 Å². The molecule has 0 aliphatic heterocycles. The maximum Gasteiger partial charge on any atom is 0.119 e. The van der Waals surface area contributed by atoms with Crippen LogP contribution in [0.1, 0.15) is 11.1 Å². The highest BCUT2D eigenvalue weighted by Crippen LogP contribution is 2.28. The molecule has 0 aliphatic rings. The Morgan fingerprint density at radius 3 is 2.47 bits per heavy atom. The second-order valence-corrected chi connectivity index (χ2v) is 4.28. The highest BCUT2D eigenvalue weighted by molar-refractivity contribution is 7.99. The highest BCUT2D eigenvalue weighted by atomic mass is 32.2. The average Bonchev–Trinajstić information content (AvgIpc) is 2.40. The highest BCUT2D eigenvalue weighted by Gasteiger charge is 2.06. The van der Waals surface area contributed by atoms with Gasteiger partial charge in [0, 0.05) is 11.1 Å². The molecule has 1 heterocycles. The van der Waals surface area contributed by atoms with E-state index in [0.717, 1.165) is 4.90 Å². The first-order valence-electron chi connectivity index (χ1n) is 4.86. The molecule has 0 spiro atoms. The third-order valence-electron chi connectivity index (χ3n) is 2.06. The number of hydrogen-bond donors (Lipinski definition) is 0. The molecule has 0 atom stereocenters. The SMILES string of the molecule is N#Cc1cnc(Sc2ccccc2)c(C#N)c1. The minimum absolute atomic E-state index is 0.402. The number of pyridine rings is 1. The van der Waals surface area contributed by atoms with E-state index >= 15 is 0 Å². The zero-order chi connectivity index (χ0) is 12.1. The van der Waals surface area contributed by atoms with Gasteiger partial charge in [0.25, 0.3) is 0 Å². The van der Waals surface area contributed by atoms with Crippen LogP contribution in [0.25, 0.3) is 0 Å². The van der Waals surface area contributed by atoms with Crippen LogP contribution in [0.4, 0.5) is 0 Å². The summed E-state index contributed by atoms with van der Waals surface area (Å²) in [5, 5.41) is 18.4. The van der Waals surface area contributed by atoms with E-state index in [1.807, 2.05) is 36.4 Å². The summed E-state index contributed by atoms with van der Waals surface area (Å²) in [5.74, 6) is 0. The Balaban J connectivity index is 2.35. The molecule has 17 heavy (non-hydrogen) atoms. The molecule has 0 bridgehead atoms. The van der Waals surface area contributed by atoms with Crippen molar-refractivity contribution < 1.29 is 0 Å². The molecule has 0 N–H and O–H groups in total. The van der Waals surface area contributed by atoms with E-state index < -0.39 is 0 Å². The van der Waals surface area contributed by atoms with Crippen LogP contribution in [0.5, 0.6) is 0 Å². The summed E-state index contributed by atoms with van der Waals surface area (Å²) >= 11 is 1.41. The fourth-order valence-electron chi connectivity index (χ4n) is 1.27. The lowest BCUT2D eigenvalue weighted by molar-refractivity contribution is 1.10. The van der Waals surface area contributed by atoms with Crippen LogP contribution in [-0.2, 0) is 0 Å². The fraction of sp³-hybridized carbons (Fsp3) is 0. The first kappa shape index (κ1) is 11.2. The van der Waals surface area contributed by atoms with E-state index in [9.17, 15) is 0 Å². The number of nitrogens with zero attached hydrogens (tertiary/aromatic N) is 3. The van der Waals surface area contributed by atoms with Gasteiger partial charge in [0.1, 0.15) is 17.2 Å². The summed E-state index contributed by atoms with van der Waals surface area (Å²) < 4.78 is 0. The number of rotatable bonds is 2. The number of nitriles is 2. The van der Waals surface area contributed by atoms with Crippen molar-refractivity contribution in [1.29, 1.82) is 10.5 Å². The standard InChI is InChI=1S/C13H7N3S/c14-7-10-6-11(8-15)13(16-9-10)17-12-4-2-1-3-5-12/h1-6,9H. The molecule has 3 nitrogen and oxygen atoms in total. The van der Waals surface area contributed by atoms with Crippen molar-refractivity contribution in [2.75, 3.05) is 0 Å². The van der Waals surface area contributed by atoms with Gasteiger partial charge in [0.15, 0.2) is 0 Å². The largest absolute Gasteiger partial charge is 0.247 e. The average molecular weight is 237 g/mol. The molecule has 1 aromatic carbocycles. The van der Waals surface area contributed by atoms with Gasteiger partial charge in [-0.25, -0.2) is 4.98 Å². The smallest absolute Gasteiger partial charge is 0.119 e. The Morgan fingerprint density at radius 1 is 1.06 bits per heavy atom. The van der Waals surface area contributed by atoms with Gasteiger partial charge in [-0.15, -0.1) is 0 Å². The lowest BCUT2D eigenvalue weighted by Gasteiger charge is -2.02. The van der Waals surface area contributed by atoms with Crippen molar-refractivity contribution in [3.05, 3.63) is 53.7 Å². The molecule has 80 valence electrons. The second kappa shape index (κ2) is 5.16. The maximum absolute atomic E-state index is 9.00. The van der Waals surface area contributed by atoms with E-state index in [-0.39, 0.29) is 0 Å². The van der Waals surface area contributed by atoms with Crippen molar-refractivity contribution in [1.82, 2.24) is 4.98 Å². The van der Waals surface area contributed by atoms with Crippen LogP contribution in [0.15, 0.2) is 52.5 Å². The fourth-order valence-corrected chi connectivity index (χ4v) is 2.11. The van der Waals surface area contributed by atoms with Crippen LogP contribution < -0.4 is 0 Å². The Bertz CT molecular complexity index is 609. The molecule has 2 aromatic rings. The van der Waals surface area contributed by atoms with Crippen LogP contribution in [0.2, 0.25) is 0 Å². The van der Waals surface area contributed by atoms with Crippen molar-refractivity contribution in [2.24, 2.45) is 0 Å². The van der Waals surface area contributed by atoms with Crippen LogP contribution in [-0.4, -0.2) is 4.98 Å². The Kier molecular flexibility index (Phi) is 3.40. The van der Waals surface area contributed by atoms with Crippen molar-refractivity contribution >= 4 is 11.8 Å². The molecule has 1 aromatic heterocycles. The molecule has 0 saturated heterocycles. The third kappa shape index (κ3) is 2.63. The van der Waals surface area contributed by atoms with E-state index in [1.54, 1.807) is 6.07 Å². The van der Waals surface area contributed by atoms with Gasteiger partial charge in [-0.1, -0.05) is 30.0 Å². The van der Waals surface area contributed by atoms with Gasteiger partial charge in [-0.05, 0) is 18.2 Å². The minimum atomic E-state index is 0.402. The summed E-state index contributed by atoms with van der Waals surface area (Å²) in [6.07, 6.45) is 1.48. The molecular weight excluding hydrogens is 230 g/mol. The van der Waals surface area contributed by atoms with E-state index in [0.29, 0.717) is 16.2 Å². The van der Waals surface area contributed by atoms with Gasteiger partial charge < -0.3 is 0 Å². The zero-order valence-electron chi connectivity index (χ0n) is 8.79. The van der Waals surface area contributed by atoms with Crippen LogP contribution in [0.3, 0.4) is 0 Å². The van der Waals surface area contributed by atoms with Crippen molar-refractivity contribution in [2.45, 2.75) is 9.92 Å². The number of aromatic nitrogens is 1. The van der Waals surface area contributed by atoms with Crippen molar-refractivity contribution in [3.63, 3.8) is 0 Å². The molecule has 0 fully saturated rings. The van der Waals surface area contributed by atoms with Gasteiger partial charge in [0.2, 0.25) is 0 Å². The number of hydrogen-bond acceptors (Lipinski definition) is 4. The van der Waals surface area contributed by atoms with Crippen LogP contribution in [0, 0.1) is 22.7 Å². The van der Waals surface area contributed by atoms with E-state index in [1.165, 1.54) is 18.0 Å². The van der Waals surface area contributed by atoms with E-state index in [4.69, 9.17) is 10.5 Å². The maximum atomic E-state index is 9.00. The molecule has 0 amide bonds. The monoisotopic (exact) mass is 237 g/mol. The molecule has 0 unspecified atom stereocenters. The van der Waals surface area contributed by atoms with Gasteiger partial charge >= 0.3 is 0 Å². The Hall–Kier alpha value is -2.30. The predicted molar refractivity (Wildman–Crippen MR) is 64.2 cm³/mol. The first-order valence-corrected chi connectivity index (χ1v) is 5.68. The molecule has 0 aliphatic carbocycles. The summed E-state index contributed by atoms with van der Waals surface area (Å²) in [6, 6.07) is 15.3. The Morgan fingerprint density at radius 2 is 1.82 bits per heavy atom. The Labute approximate surface area is 103 Å². The minimum Gasteiger partial charge on any atom is -0.247 e. The lowest BCUT2D eigenvalue weighted by Crippen LogP contribution is -1.88. The molecule has 2 rings (SSSR count). The van der Waals surface area contributed by atoms with Crippen molar-refractivity contribution in [3.8, 4) is 12.1 Å². The summed E-state index contributed by atoms with van der Waals surface area (Å²) in [5.41, 5.74) is 0.830. The lowest BCUT2D eigenvalue weighted by atomic mass is 10.2. The number of benzene rings is 1. The van der Waals surface area contributed by atoms with Gasteiger partial charge in [-0.2, -0.15) is 10.5 Å². The second-order valence-electron chi connectivity index (χ2n) is 3.22. The third-order valence-corrected chi connectivity index (χ3v) is 3.08. The van der Waals surface area contributed by atoms with Crippen LogP contribution >= 0.6 is 11.8 Å². The van der Waals surface area contributed by atoms with Gasteiger partial charge in [-0.3, -0.25) is 0 Å². The summed E-state index contributed by atoms with van der Waals surface area (Å²) in [6.45, 7) is 0. The quantitative estimate of drug-likeness (QED) is 0.805. The predicted octanol–water partition coefficient (Wildman–Crippen LogP) is 2.98. The normalized spacial score (nSPS) is 9.29. The summed E-state index contributed by atoms with van der Waals surface area (Å²) in [7, 11) is 0.